The van der Waals surface area contributed by atoms with Crippen LogP contribution >= 0.6 is 0 Å². The van der Waals surface area contributed by atoms with Gasteiger partial charge in [0.15, 0.2) is 12.8 Å². The molecule has 0 bridgehead atoms. The number of hydrogen-bond acceptors (Lipinski definition) is 0. The Morgan fingerprint density at radius 1 is 1.19 bits per heavy atom. The van der Waals surface area contributed by atoms with Crippen LogP contribution in [0.5, 0.6) is 0 Å². The molecule has 1 nitrogen and oxygen atoms in total. The van der Waals surface area contributed by atoms with E-state index >= 15 is 0 Å². The maximum atomic E-state index is 2.44. The molecule has 1 aliphatic carbocycles. The second-order valence-corrected chi connectivity index (χ2v) is 4.51. The molecule has 16 heavy (non-hydrogen) atoms. The molecule has 1 aromatic rings. The van der Waals surface area contributed by atoms with Crippen molar-refractivity contribution in [1.29, 1.82) is 0 Å². The molecule has 1 aromatic carbocycles. The van der Waals surface area contributed by atoms with E-state index in [0.29, 0.717) is 5.92 Å². The van der Waals surface area contributed by atoms with Crippen molar-refractivity contribution in [1.82, 2.24) is 0 Å². The monoisotopic (exact) mass is 210 g/mol. The summed E-state index contributed by atoms with van der Waals surface area (Å²) in [6, 6.07) is 10.7. The molecule has 2 aliphatic rings. The van der Waals surface area contributed by atoms with Gasteiger partial charge < -0.3 is 0 Å². The zero-order valence-corrected chi connectivity index (χ0v) is 9.34. The number of fused-ring (bicyclic) bond motifs is 1. The molecule has 0 saturated heterocycles. The summed E-state index contributed by atoms with van der Waals surface area (Å²) in [5, 5.41) is 0. The topological polar surface area (TPSA) is 3.01 Å². The fourth-order valence-corrected chi connectivity index (χ4v) is 2.45. The Hall–Kier alpha value is -1.63. The van der Waals surface area contributed by atoms with E-state index in [1.807, 2.05) is 0 Å². The SMILES string of the molecule is C1=C[C@H]2C=[N+](Cc3ccccc3)CCC2=C1. The standard InChI is InChI=1S/C15H16N/c1-2-5-13(6-3-1)11-16-10-9-14-7-4-8-15(14)12-16/h1-8,12,15H,9-11H2/q+1/t15-/m0/s1. The van der Waals surface area contributed by atoms with E-state index in [0.717, 1.165) is 13.1 Å². The molecule has 1 atom stereocenters. The molecule has 0 unspecified atom stereocenters. The average Bonchev–Trinajstić information content (AvgIpc) is 2.77. The van der Waals surface area contributed by atoms with Crippen LogP contribution in [-0.2, 0) is 6.54 Å². The van der Waals surface area contributed by atoms with E-state index < -0.39 is 0 Å². The molecule has 0 fully saturated rings. The molecule has 1 aliphatic heterocycles. The summed E-state index contributed by atoms with van der Waals surface area (Å²) in [4.78, 5) is 0. The molecule has 3 rings (SSSR count). The van der Waals surface area contributed by atoms with Crippen LogP contribution in [0.15, 0.2) is 54.1 Å². The van der Waals surface area contributed by atoms with Gasteiger partial charge in [-0.2, -0.15) is 0 Å². The maximum absolute atomic E-state index is 2.44. The molecule has 0 spiro atoms. The van der Waals surface area contributed by atoms with E-state index in [-0.39, 0.29) is 0 Å². The lowest BCUT2D eigenvalue weighted by atomic mass is 9.98. The maximum Gasteiger partial charge on any atom is 0.167 e. The third-order valence-corrected chi connectivity index (χ3v) is 3.34. The zero-order chi connectivity index (χ0) is 10.8. The van der Waals surface area contributed by atoms with Crippen molar-refractivity contribution in [3.63, 3.8) is 0 Å². The van der Waals surface area contributed by atoms with Gasteiger partial charge in [0, 0.05) is 12.0 Å². The summed E-state index contributed by atoms with van der Waals surface area (Å²) < 4.78 is 2.44. The minimum absolute atomic E-state index is 0.567. The highest BCUT2D eigenvalue weighted by atomic mass is 15.0. The Morgan fingerprint density at radius 3 is 2.94 bits per heavy atom. The van der Waals surface area contributed by atoms with Gasteiger partial charge in [-0.25, -0.2) is 4.58 Å². The molecule has 1 heterocycles. The summed E-state index contributed by atoms with van der Waals surface area (Å²) in [6.45, 7) is 2.19. The third-order valence-electron chi connectivity index (χ3n) is 3.34. The molecule has 0 radical (unpaired) electrons. The van der Waals surface area contributed by atoms with Gasteiger partial charge in [0.2, 0.25) is 0 Å². The van der Waals surface area contributed by atoms with Crippen LogP contribution in [0.2, 0.25) is 0 Å². The molecule has 0 aromatic heterocycles. The van der Waals surface area contributed by atoms with Crippen LogP contribution in [0.3, 0.4) is 0 Å². The number of nitrogens with zero attached hydrogens (tertiary/aromatic N) is 1. The van der Waals surface area contributed by atoms with Crippen LogP contribution in [0, 0.1) is 5.92 Å². The minimum Gasteiger partial charge on any atom is -0.234 e. The Kier molecular flexibility index (Phi) is 2.45. The number of rotatable bonds is 2. The van der Waals surface area contributed by atoms with Crippen LogP contribution < -0.4 is 0 Å². The van der Waals surface area contributed by atoms with Gasteiger partial charge >= 0.3 is 0 Å². The van der Waals surface area contributed by atoms with Gasteiger partial charge in [-0.05, 0) is 5.57 Å². The van der Waals surface area contributed by atoms with Crippen molar-refractivity contribution in [3.8, 4) is 0 Å². The van der Waals surface area contributed by atoms with Crippen molar-refractivity contribution in [2.24, 2.45) is 5.92 Å². The van der Waals surface area contributed by atoms with Crippen molar-refractivity contribution in [2.45, 2.75) is 13.0 Å². The highest BCUT2D eigenvalue weighted by molar-refractivity contribution is 5.66. The average molecular weight is 210 g/mol. The van der Waals surface area contributed by atoms with Gasteiger partial charge in [0.25, 0.3) is 0 Å². The quantitative estimate of drug-likeness (QED) is 0.660. The first-order valence-electron chi connectivity index (χ1n) is 5.92. The summed E-state index contributed by atoms with van der Waals surface area (Å²) in [6.07, 6.45) is 10.3. The lowest BCUT2D eigenvalue weighted by Gasteiger charge is -2.15. The summed E-state index contributed by atoms with van der Waals surface area (Å²) in [5.74, 6) is 0.567. The molecule has 1 heteroatoms. The molecular formula is C15H16N+. The molecule has 0 saturated carbocycles. The van der Waals surface area contributed by atoms with Crippen LogP contribution in [0.1, 0.15) is 12.0 Å². The predicted molar refractivity (Wildman–Crippen MR) is 66.7 cm³/mol. The van der Waals surface area contributed by atoms with Crippen LogP contribution in [0.25, 0.3) is 0 Å². The van der Waals surface area contributed by atoms with Gasteiger partial charge in [-0.1, -0.05) is 48.6 Å². The summed E-state index contributed by atoms with van der Waals surface area (Å²) in [5.41, 5.74) is 2.97. The smallest absolute Gasteiger partial charge is 0.167 e. The van der Waals surface area contributed by atoms with E-state index in [1.165, 1.54) is 12.0 Å². The lowest BCUT2D eigenvalue weighted by molar-refractivity contribution is -0.543. The summed E-state index contributed by atoms with van der Waals surface area (Å²) in [7, 11) is 0. The second-order valence-electron chi connectivity index (χ2n) is 4.51. The van der Waals surface area contributed by atoms with Gasteiger partial charge in [-0.15, -0.1) is 0 Å². The van der Waals surface area contributed by atoms with Crippen LogP contribution in [-0.4, -0.2) is 17.3 Å². The number of allylic oxidation sites excluding steroid dienone is 3. The Bertz CT molecular complexity index is 465. The molecular weight excluding hydrogens is 194 g/mol. The van der Waals surface area contributed by atoms with Crippen molar-refractivity contribution < 1.29 is 4.58 Å². The first kappa shape index (κ1) is 9.59. The number of hydrogen-bond donors (Lipinski definition) is 0. The van der Waals surface area contributed by atoms with Gasteiger partial charge in [-0.3, -0.25) is 0 Å². The third kappa shape index (κ3) is 1.85. The Balaban J connectivity index is 1.77. The second kappa shape index (κ2) is 4.09. The van der Waals surface area contributed by atoms with Gasteiger partial charge in [0.1, 0.15) is 6.54 Å². The van der Waals surface area contributed by atoms with Gasteiger partial charge in [0.05, 0.1) is 5.92 Å². The normalized spacial score (nSPS) is 22.6. The molecule has 80 valence electrons. The predicted octanol–water partition coefficient (Wildman–Crippen LogP) is 2.79. The van der Waals surface area contributed by atoms with Crippen molar-refractivity contribution in [2.75, 3.05) is 6.54 Å². The molecule has 0 amide bonds. The first-order chi connectivity index (χ1) is 7.92. The highest BCUT2D eigenvalue weighted by Crippen LogP contribution is 2.24. The van der Waals surface area contributed by atoms with Crippen LogP contribution in [0.4, 0.5) is 0 Å². The Labute approximate surface area is 96.4 Å². The highest BCUT2D eigenvalue weighted by Gasteiger charge is 2.23. The minimum atomic E-state index is 0.567. The van der Waals surface area contributed by atoms with Crippen molar-refractivity contribution >= 4 is 6.21 Å². The molecule has 0 N–H and O–H groups in total. The van der Waals surface area contributed by atoms with Crippen molar-refractivity contribution in [3.05, 3.63) is 59.7 Å². The fraction of sp³-hybridized carbons (Fsp3) is 0.267. The Morgan fingerprint density at radius 2 is 2.06 bits per heavy atom. The lowest BCUT2D eigenvalue weighted by Crippen LogP contribution is -2.24. The van der Waals surface area contributed by atoms with E-state index in [4.69, 9.17) is 0 Å². The largest absolute Gasteiger partial charge is 0.234 e. The summed E-state index contributed by atoms with van der Waals surface area (Å²) >= 11 is 0. The zero-order valence-electron chi connectivity index (χ0n) is 9.34. The fourth-order valence-electron chi connectivity index (χ4n) is 2.45. The van der Waals surface area contributed by atoms with E-state index in [9.17, 15) is 0 Å². The number of benzene rings is 1. The van der Waals surface area contributed by atoms with E-state index in [2.05, 4.69) is 59.4 Å². The van der Waals surface area contributed by atoms with E-state index in [1.54, 1.807) is 5.57 Å². The first-order valence-corrected chi connectivity index (χ1v) is 5.92.